The highest BCUT2D eigenvalue weighted by Gasteiger charge is 2.23. The Balaban J connectivity index is 1.49. The maximum atomic E-state index is 13.5. The largest absolute Gasteiger partial charge is 0.449 e. The van der Waals surface area contributed by atoms with Crippen LogP contribution in [0, 0.1) is 6.92 Å². The molecule has 2 N–H and O–H groups in total. The molecule has 2 aromatic carbocycles. The highest BCUT2D eigenvalue weighted by Crippen LogP contribution is 2.25. The molecule has 0 bridgehead atoms. The number of aryl methyl sites for hydroxylation is 1. The lowest BCUT2D eigenvalue weighted by Gasteiger charge is -2.14. The van der Waals surface area contributed by atoms with E-state index in [2.05, 4.69) is 10.6 Å². The van der Waals surface area contributed by atoms with Gasteiger partial charge in [0, 0.05) is 18.0 Å². The Morgan fingerprint density at radius 1 is 0.944 bits per heavy atom. The van der Waals surface area contributed by atoms with Crippen molar-refractivity contribution in [2.45, 2.75) is 58.3 Å². The molecule has 2 heterocycles. The van der Waals surface area contributed by atoms with Crippen LogP contribution in [0.1, 0.15) is 36.8 Å². The van der Waals surface area contributed by atoms with E-state index < -0.39 is 29.6 Å². The molecule has 0 spiro atoms. The zero-order valence-electron chi connectivity index (χ0n) is 20.1. The van der Waals surface area contributed by atoms with Crippen LogP contribution < -0.4 is 21.9 Å². The maximum Gasteiger partial charge on any atom is 0.332 e. The van der Waals surface area contributed by atoms with Gasteiger partial charge in [-0.25, -0.2) is 9.36 Å². The first kappa shape index (κ1) is 23.6. The minimum absolute atomic E-state index is 0.0536. The van der Waals surface area contributed by atoms with E-state index in [0.29, 0.717) is 17.5 Å². The molecule has 1 fully saturated rings. The molecule has 5 rings (SSSR count). The van der Waals surface area contributed by atoms with Gasteiger partial charge >= 0.3 is 5.69 Å². The van der Waals surface area contributed by atoms with Crippen LogP contribution >= 0.6 is 0 Å². The molecule has 0 aliphatic heterocycles. The average Bonchev–Trinajstić information content (AvgIpc) is 3.52. The molecule has 2 amide bonds. The fourth-order valence-electron chi connectivity index (χ4n) is 4.77. The van der Waals surface area contributed by atoms with E-state index in [1.807, 2.05) is 31.2 Å². The summed E-state index contributed by atoms with van der Waals surface area (Å²) in [4.78, 5) is 52.3. The number of fused-ring (bicyclic) bond motifs is 3. The highest BCUT2D eigenvalue weighted by molar-refractivity contribution is 6.02. The summed E-state index contributed by atoms with van der Waals surface area (Å²) in [5.74, 6) is -0.809. The topological polar surface area (TPSA) is 115 Å². The minimum Gasteiger partial charge on any atom is -0.449 e. The average molecular weight is 489 g/mol. The Labute approximate surface area is 206 Å². The number of carbonyl (C=O) groups is 2. The molecule has 1 aliphatic rings. The van der Waals surface area contributed by atoms with Crippen LogP contribution in [0.4, 0.5) is 0 Å². The molecule has 0 saturated heterocycles. The van der Waals surface area contributed by atoms with Crippen LogP contribution in [0.25, 0.3) is 22.1 Å². The summed E-state index contributed by atoms with van der Waals surface area (Å²) in [6.07, 6.45) is 3.85. The monoisotopic (exact) mass is 488 g/mol. The summed E-state index contributed by atoms with van der Waals surface area (Å²) in [5.41, 5.74) is 1.23. The van der Waals surface area contributed by atoms with E-state index in [1.54, 1.807) is 24.3 Å². The molecule has 36 heavy (non-hydrogen) atoms. The van der Waals surface area contributed by atoms with Gasteiger partial charge in [-0.3, -0.25) is 19.0 Å². The summed E-state index contributed by atoms with van der Waals surface area (Å²) >= 11 is 0. The van der Waals surface area contributed by atoms with Crippen molar-refractivity contribution in [3.8, 4) is 0 Å². The van der Waals surface area contributed by atoms with E-state index >= 15 is 0 Å². The van der Waals surface area contributed by atoms with Crippen molar-refractivity contribution in [1.29, 1.82) is 0 Å². The summed E-state index contributed by atoms with van der Waals surface area (Å²) in [6.45, 7) is 1.52. The van der Waals surface area contributed by atoms with E-state index in [-0.39, 0.29) is 23.7 Å². The normalized spacial score (nSPS) is 13.9. The molecule has 0 radical (unpaired) electrons. The summed E-state index contributed by atoms with van der Waals surface area (Å²) in [7, 11) is 0. The van der Waals surface area contributed by atoms with Gasteiger partial charge in [0.15, 0.2) is 0 Å². The number of amides is 2. The van der Waals surface area contributed by atoms with Crippen LogP contribution in [0.3, 0.4) is 0 Å². The van der Waals surface area contributed by atoms with Crippen molar-refractivity contribution in [3.63, 3.8) is 0 Å². The quantitative estimate of drug-likeness (QED) is 0.415. The van der Waals surface area contributed by atoms with Crippen molar-refractivity contribution < 1.29 is 14.0 Å². The summed E-state index contributed by atoms with van der Waals surface area (Å²) < 4.78 is 7.87. The van der Waals surface area contributed by atoms with E-state index in [0.717, 1.165) is 41.4 Å². The third kappa shape index (κ3) is 4.68. The van der Waals surface area contributed by atoms with Crippen molar-refractivity contribution in [3.05, 3.63) is 80.5 Å². The van der Waals surface area contributed by atoms with E-state index in [4.69, 9.17) is 4.42 Å². The molecule has 9 nitrogen and oxygen atoms in total. The van der Waals surface area contributed by atoms with Gasteiger partial charge in [0.25, 0.3) is 5.56 Å². The van der Waals surface area contributed by atoms with Gasteiger partial charge in [0.2, 0.25) is 17.4 Å². The Kier molecular flexibility index (Phi) is 6.45. The number of carbonyl (C=O) groups excluding carboxylic acids is 2. The second kappa shape index (κ2) is 9.85. The van der Waals surface area contributed by atoms with Crippen molar-refractivity contribution >= 4 is 33.9 Å². The fourth-order valence-corrected chi connectivity index (χ4v) is 4.77. The van der Waals surface area contributed by atoms with Gasteiger partial charge in [0.05, 0.1) is 0 Å². The number of nitrogens with one attached hydrogen (secondary N) is 2. The zero-order valence-corrected chi connectivity index (χ0v) is 20.1. The maximum absolute atomic E-state index is 13.5. The number of hydrogen-bond acceptors (Lipinski definition) is 5. The Hall–Kier alpha value is -4.14. The van der Waals surface area contributed by atoms with Crippen LogP contribution in [0.15, 0.2) is 62.5 Å². The van der Waals surface area contributed by atoms with Crippen LogP contribution in [0.5, 0.6) is 0 Å². The van der Waals surface area contributed by atoms with Crippen LogP contribution in [0.2, 0.25) is 0 Å². The Morgan fingerprint density at radius 2 is 1.64 bits per heavy atom. The number of rotatable bonds is 7. The van der Waals surface area contributed by atoms with Gasteiger partial charge in [-0.15, -0.1) is 0 Å². The van der Waals surface area contributed by atoms with Gasteiger partial charge in [0.1, 0.15) is 24.2 Å². The van der Waals surface area contributed by atoms with Crippen LogP contribution in [-0.2, 0) is 29.2 Å². The number of benzene rings is 2. The van der Waals surface area contributed by atoms with E-state index in [9.17, 15) is 19.2 Å². The Morgan fingerprint density at radius 3 is 2.39 bits per heavy atom. The van der Waals surface area contributed by atoms with Crippen molar-refractivity contribution in [2.24, 2.45) is 0 Å². The molecule has 0 atom stereocenters. The third-order valence-electron chi connectivity index (χ3n) is 6.67. The van der Waals surface area contributed by atoms with Crippen molar-refractivity contribution in [2.75, 3.05) is 0 Å². The molecular weight excluding hydrogens is 460 g/mol. The molecule has 9 heteroatoms. The fraction of sp³-hybridized carbons (Fsp3) is 0.333. The van der Waals surface area contributed by atoms with Gasteiger partial charge in [-0.05, 0) is 37.5 Å². The molecule has 2 aromatic heterocycles. The second-order valence-corrected chi connectivity index (χ2v) is 9.35. The van der Waals surface area contributed by atoms with Gasteiger partial charge in [-0.1, -0.05) is 54.8 Å². The van der Waals surface area contributed by atoms with Crippen molar-refractivity contribution in [1.82, 2.24) is 19.8 Å². The number of furan rings is 1. The standard InChI is InChI=1S/C27H28N4O5/c1-17-10-12-18(13-11-17)14-28-22(32)15-30-24-20-8-4-5-9-21(20)36-25(24)26(34)31(27(30)35)16-23(33)29-19-6-2-3-7-19/h4-5,8-13,19H,2-3,6-7,14-16H2,1H3,(H,28,32)(H,29,33). The van der Waals surface area contributed by atoms with E-state index in [1.165, 1.54) is 4.57 Å². The molecule has 186 valence electrons. The van der Waals surface area contributed by atoms with Crippen LogP contribution in [-0.4, -0.2) is 27.0 Å². The first-order valence-corrected chi connectivity index (χ1v) is 12.2. The molecule has 1 saturated carbocycles. The molecule has 0 unspecified atom stereocenters. The molecule has 1 aliphatic carbocycles. The highest BCUT2D eigenvalue weighted by atomic mass is 16.3. The zero-order chi connectivity index (χ0) is 25.2. The summed E-state index contributed by atoms with van der Waals surface area (Å²) in [6, 6.07) is 14.8. The first-order chi connectivity index (χ1) is 17.4. The lowest BCUT2D eigenvalue weighted by Crippen LogP contribution is -2.46. The first-order valence-electron chi connectivity index (χ1n) is 12.2. The van der Waals surface area contributed by atoms with Gasteiger partial charge < -0.3 is 15.1 Å². The molecular formula is C27H28N4O5. The smallest absolute Gasteiger partial charge is 0.332 e. The number of nitrogens with zero attached hydrogens (tertiary/aromatic N) is 2. The SMILES string of the molecule is Cc1ccc(CNC(=O)Cn2c(=O)n(CC(=O)NC3CCCC3)c(=O)c3oc4ccccc4c32)cc1. The third-order valence-corrected chi connectivity index (χ3v) is 6.67. The summed E-state index contributed by atoms with van der Waals surface area (Å²) in [5, 5.41) is 6.28. The predicted octanol–water partition coefficient (Wildman–Crippen LogP) is 2.59. The number of hydrogen-bond donors (Lipinski definition) is 2. The lowest BCUT2D eigenvalue weighted by atomic mass is 10.1. The number of aromatic nitrogens is 2. The predicted molar refractivity (Wildman–Crippen MR) is 136 cm³/mol. The van der Waals surface area contributed by atoms with Gasteiger partial charge in [-0.2, -0.15) is 0 Å². The Bertz CT molecular complexity index is 1560. The second-order valence-electron chi connectivity index (χ2n) is 9.35. The molecule has 4 aromatic rings. The lowest BCUT2D eigenvalue weighted by molar-refractivity contribution is -0.122. The number of para-hydroxylation sites is 1. The minimum atomic E-state index is -0.730.